The van der Waals surface area contributed by atoms with E-state index in [1.54, 1.807) is 0 Å². The van der Waals surface area contributed by atoms with Crippen molar-refractivity contribution in [2.45, 2.75) is 81.7 Å². The van der Waals surface area contributed by atoms with Gasteiger partial charge in [0.15, 0.2) is 0 Å². The molecule has 4 aromatic rings. The van der Waals surface area contributed by atoms with E-state index in [0.29, 0.717) is 0 Å². The number of aromatic nitrogens is 1. The normalized spacial score (nSPS) is 17.0. The van der Waals surface area contributed by atoms with Crippen LogP contribution in [0, 0.1) is 0 Å². The highest BCUT2D eigenvalue weighted by atomic mass is 31.1. The number of nitrogens with zero attached hydrogens (tertiary/aromatic N) is 2. The zero-order valence-corrected chi connectivity index (χ0v) is 25.9. The van der Waals surface area contributed by atoms with Crippen molar-refractivity contribution in [2.75, 3.05) is 0 Å². The van der Waals surface area contributed by atoms with Crippen molar-refractivity contribution >= 4 is 43.7 Å². The lowest BCUT2D eigenvalue weighted by Gasteiger charge is -2.38. The Kier molecular flexibility index (Phi) is 10.1. The molecule has 0 N–H and O–H groups in total. The summed E-state index contributed by atoms with van der Waals surface area (Å²) in [5.41, 5.74) is 5.18. The molecule has 2 fully saturated rings. The predicted molar refractivity (Wildman–Crippen MR) is 181 cm³/mol. The van der Waals surface area contributed by atoms with Crippen LogP contribution in [0.1, 0.15) is 75.6 Å². The van der Waals surface area contributed by atoms with Gasteiger partial charge >= 0.3 is 0 Å². The van der Waals surface area contributed by atoms with Crippen LogP contribution >= 0.6 is 15.8 Å². The van der Waals surface area contributed by atoms with Gasteiger partial charge in [0.2, 0.25) is 0 Å². The van der Waals surface area contributed by atoms with Crippen molar-refractivity contribution in [1.82, 2.24) is 4.98 Å². The Morgan fingerprint density at radius 3 is 1.78 bits per heavy atom. The zero-order valence-electron chi connectivity index (χ0n) is 24.1. The Morgan fingerprint density at radius 2 is 1.17 bits per heavy atom. The van der Waals surface area contributed by atoms with Gasteiger partial charge in [-0.2, -0.15) is 0 Å². The van der Waals surface area contributed by atoms with Crippen molar-refractivity contribution in [3.63, 3.8) is 0 Å². The molecule has 4 heteroatoms. The molecule has 6 rings (SSSR count). The fourth-order valence-corrected chi connectivity index (χ4v) is 12.8. The molecule has 41 heavy (non-hydrogen) atoms. The second-order valence-corrected chi connectivity index (χ2v) is 16.6. The minimum Gasteiger partial charge on any atom is -0.254 e. The van der Waals surface area contributed by atoms with E-state index >= 15 is 0 Å². The van der Waals surface area contributed by atoms with Crippen LogP contribution in [0.25, 0.3) is 0 Å². The van der Waals surface area contributed by atoms with Gasteiger partial charge in [-0.3, -0.25) is 9.98 Å². The molecule has 2 nitrogen and oxygen atoms in total. The van der Waals surface area contributed by atoms with Gasteiger partial charge in [0.25, 0.3) is 0 Å². The summed E-state index contributed by atoms with van der Waals surface area (Å²) in [7, 11) is -0.720. The summed E-state index contributed by atoms with van der Waals surface area (Å²) in [5.74, 6) is 0. The summed E-state index contributed by atoms with van der Waals surface area (Å²) < 4.78 is 0. The third-order valence-corrected chi connectivity index (χ3v) is 14.8. The topological polar surface area (TPSA) is 25.2 Å². The highest BCUT2D eigenvalue weighted by Crippen LogP contribution is 2.57. The van der Waals surface area contributed by atoms with E-state index in [9.17, 15) is 0 Å². The maximum Gasteiger partial charge on any atom is 0.0816 e. The summed E-state index contributed by atoms with van der Waals surface area (Å²) >= 11 is 0. The third kappa shape index (κ3) is 7.41. The van der Waals surface area contributed by atoms with Gasteiger partial charge in [-0.15, -0.1) is 0 Å². The van der Waals surface area contributed by atoms with Crippen LogP contribution in [0.15, 0.2) is 108 Å². The molecule has 0 spiro atoms. The zero-order chi connectivity index (χ0) is 27.7. The van der Waals surface area contributed by atoms with Crippen LogP contribution in [-0.4, -0.2) is 22.5 Å². The van der Waals surface area contributed by atoms with E-state index in [1.165, 1.54) is 92.0 Å². The maximum atomic E-state index is 5.18. The summed E-state index contributed by atoms with van der Waals surface area (Å²) in [6.07, 6.45) is 17.6. The molecule has 2 saturated carbocycles. The lowest BCUT2D eigenvalue weighted by molar-refractivity contribution is 0.484. The molecule has 0 bridgehead atoms. The van der Waals surface area contributed by atoms with Crippen LogP contribution in [0.5, 0.6) is 0 Å². The molecule has 0 saturated heterocycles. The molecule has 0 amide bonds. The van der Waals surface area contributed by atoms with Crippen molar-refractivity contribution in [3.05, 3.63) is 115 Å². The van der Waals surface area contributed by atoms with Crippen molar-refractivity contribution in [2.24, 2.45) is 4.99 Å². The van der Waals surface area contributed by atoms with Crippen molar-refractivity contribution in [1.29, 1.82) is 0 Å². The molecular formula is C37H42N2P2. The average Bonchev–Trinajstić information content (AvgIpc) is 3.05. The fraction of sp³-hybridized carbons (Fsp3) is 0.351. The Balaban J connectivity index is 1.26. The van der Waals surface area contributed by atoms with Crippen LogP contribution in [0.2, 0.25) is 0 Å². The van der Waals surface area contributed by atoms with Gasteiger partial charge in [0.05, 0.1) is 17.6 Å². The van der Waals surface area contributed by atoms with E-state index in [4.69, 9.17) is 9.98 Å². The molecule has 1 heterocycles. The first kappa shape index (κ1) is 28.5. The smallest absolute Gasteiger partial charge is 0.0816 e. The summed E-state index contributed by atoms with van der Waals surface area (Å²) in [6.45, 7) is 0. The average molecular weight is 577 g/mol. The van der Waals surface area contributed by atoms with Gasteiger partial charge in [-0.1, -0.05) is 131 Å². The Bertz CT molecular complexity index is 1340. The van der Waals surface area contributed by atoms with E-state index in [2.05, 4.69) is 103 Å². The van der Waals surface area contributed by atoms with Crippen LogP contribution < -0.4 is 15.9 Å². The first-order valence-corrected chi connectivity index (χ1v) is 18.6. The summed E-state index contributed by atoms with van der Waals surface area (Å²) in [5, 5.41) is 3.97. The van der Waals surface area contributed by atoms with E-state index in [0.717, 1.165) is 22.7 Å². The van der Waals surface area contributed by atoms with Crippen molar-refractivity contribution < 1.29 is 0 Å². The Hall–Kier alpha value is -2.66. The van der Waals surface area contributed by atoms with E-state index in [-0.39, 0.29) is 7.92 Å². The molecule has 2 aliphatic carbocycles. The number of para-hydroxylation sites is 1. The number of hydrogen-bond acceptors (Lipinski definition) is 2. The van der Waals surface area contributed by atoms with Gasteiger partial charge in [-0.05, 0) is 73.7 Å². The van der Waals surface area contributed by atoms with E-state index < -0.39 is 7.92 Å². The predicted octanol–water partition coefficient (Wildman–Crippen LogP) is 9.24. The molecule has 1 aromatic heterocycles. The SMILES string of the molecule is C(=Nc1ccccc1P(c1ccccc1)c1ccccc1)c1cccc(CP(C2CCCCC2)C2CCCCC2)n1. The molecule has 0 unspecified atom stereocenters. The summed E-state index contributed by atoms with van der Waals surface area (Å²) in [6, 6.07) is 37.0. The number of pyridine rings is 1. The monoisotopic (exact) mass is 576 g/mol. The number of aliphatic imine (C=N–C) groups is 1. The molecule has 0 radical (unpaired) electrons. The lowest BCUT2D eigenvalue weighted by atomic mass is 9.99. The number of hydrogen-bond donors (Lipinski definition) is 0. The second-order valence-electron chi connectivity index (χ2n) is 11.6. The number of rotatable bonds is 9. The van der Waals surface area contributed by atoms with Crippen molar-refractivity contribution in [3.8, 4) is 0 Å². The molecule has 210 valence electrons. The minimum atomic E-state index is -0.712. The second kappa shape index (κ2) is 14.5. The van der Waals surface area contributed by atoms with Gasteiger partial charge in [-0.25, -0.2) is 0 Å². The molecule has 3 aromatic carbocycles. The van der Waals surface area contributed by atoms with Gasteiger partial charge < -0.3 is 0 Å². The minimum absolute atomic E-state index is 0.00852. The maximum absolute atomic E-state index is 5.18. The molecule has 0 aliphatic heterocycles. The quantitative estimate of drug-likeness (QED) is 0.144. The standard InChI is InChI=1S/C37H42N2P2/c1-5-18-32(19-6-1)40(33-20-7-2-8-21-33)29-31-17-15-16-30(39-31)28-38-36-26-13-14-27-37(36)41(34-22-9-3-10-23-34)35-24-11-4-12-25-35/h3-4,9-17,22-28,32-33H,1-2,5-8,18-21,29H2. The lowest BCUT2D eigenvalue weighted by Crippen LogP contribution is -2.21. The first-order chi connectivity index (χ1) is 20.3. The molecule has 0 atom stereocenters. The third-order valence-electron chi connectivity index (χ3n) is 8.75. The number of benzene rings is 3. The van der Waals surface area contributed by atoms with E-state index in [1.807, 2.05) is 6.21 Å². The van der Waals surface area contributed by atoms with Gasteiger partial charge in [0, 0.05) is 17.2 Å². The molecular weight excluding hydrogens is 534 g/mol. The molecule has 2 aliphatic rings. The highest BCUT2D eigenvalue weighted by molar-refractivity contribution is 7.80. The van der Waals surface area contributed by atoms with Gasteiger partial charge in [0.1, 0.15) is 0 Å². The van der Waals surface area contributed by atoms with Crippen LogP contribution in [0.4, 0.5) is 5.69 Å². The highest BCUT2D eigenvalue weighted by Gasteiger charge is 2.31. The Morgan fingerprint density at radius 1 is 0.610 bits per heavy atom. The Labute approximate surface area is 249 Å². The van der Waals surface area contributed by atoms with Crippen LogP contribution in [-0.2, 0) is 6.16 Å². The van der Waals surface area contributed by atoms with Crippen LogP contribution in [0.3, 0.4) is 0 Å². The fourth-order valence-electron chi connectivity index (χ4n) is 6.71. The first-order valence-electron chi connectivity index (χ1n) is 15.6. The summed E-state index contributed by atoms with van der Waals surface area (Å²) in [4.78, 5) is 10.3. The largest absolute Gasteiger partial charge is 0.254 e.